The van der Waals surface area contributed by atoms with Gasteiger partial charge in [0.2, 0.25) is 5.88 Å². The van der Waals surface area contributed by atoms with E-state index in [0.717, 1.165) is 5.56 Å². The number of hydrogen-bond donors (Lipinski definition) is 0. The minimum Gasteiger partial charge on any atom is -0.497 e. The zero-order chi connectivity index (χ0) is 23.4. The number of halogens is 1. The molecule has 0 saturated carbocycles. The SMILES string of the molecule is COc1ccc(-n2nc(-c3ccc(OC)c(OC)c3)cc2OC(=O)c2ccc(F)cc2)cc1. The molecular weight excluding hydrogens is 427 g/mol. The Morgan fingerprint density at radius 1 is 0.818 bits per heavy atom. The Labute approximate surface area is 189 Å². The van der Waals surface area contributed by atoms with Crippen molar-refractivity contribution in [2.75, 3.05) is 21.3 Å². The van der Waals surface area contributed by atoms with Gasteiger partial charge in [0.1, 0.15) is 11.6 Å². The predicted molar refractivity (Wildman–Crippen MR) is 120 cm³/mol. The third kappa shape index (κ3) is 4.64. The minimum absolute atomic E-state index is 0.194. The second-order valence-corrected chi connectivity index (χ2v) is 6.94. The molecule has 33 heavy (non-hydrogen) atoms. The Morgan fingerprint density at radius 3 is 2.15 bits per heavy atom. The van der Waals surface area contributed by atoms with E-state index in [-0.39, 0.29) is 11.4 Å². The van der Waals surface area contributed by atoms with E-state index in [9.17, 15) is 9.18 Å². The molecule has 4 aromatic rings. The quantitative estimate of drug-likeness (QED) is 0.374. The molecule has 0 N–H and O–H groups in total. The summed E-state index contributed by atoms with van der Waals surface area (Å²) in [7, 11) is 4.68. The molecule has 0 unspecified atom stereocenters. The van der Waals surface area contributed by atoms with Gasteiger partial charge in [-0.05, 0) is 66.7 Å². The van der Waals surface area contributed by atoms with Gasteiger partial charge in [0.05, 0.1) is 38.3 Å². The van der Waals surface area contributed by atoms with Gasteiger partial charge in [-0.2, -0.15) is 9.78 Å². The van der Waals surface area contributed by atoms with Crippen molar-refractivity contribution < 1.29 is 28.1 Å². The van der Waals surface area contributed by atoms with Crippen LogP contribution in [0.2, 0.25) is 0 Å². The van der Waals surface area contributed by atoms with Crippen LogP contribution >= 0.6 is 0 Å². The fourth-order valence-corrected chi connectivity index (χ4v) is 3.22. The third-order valence-electron chi connectivity index (χ3n) is 4.95. The summed E-state index contributed by atoms with van der Waals surface area (Å²) in [5, 5.41) is 4.64. The zero-order valence-electron chi connectivity index (χ0n) is 18.2. The van der Waals surface area contributed by atoms with Gasteiger partial charge in [0.25, 0.3) is 0 Å². The van der Waals surface area contributed by atoms with Gasteiger partial charge in [-0.3, -0.25) is 0 Å². The summed E-state index contributed by atoms with van der Waals surface area (Å²) in [6.07, 6.45) is 0. The van der Waals surface area contributed by atoms with Gasteiger partial charge >= 0.3 is 5.97 Å². The summed E-state index contributed by atoms with van der Waals surface area (Å²) in [4.78, 5) is 12.7. The number of methoxy groups -OCH3 is 3. The van der Waals surface area contributed by atoms with Crippen LogP contribution in [0.3, 0.4) is 0 Å². The fraction of sp³-hybridized carbons (Fsp3) is 0.120. The summed E-state index contributed by atoms with van der Waals surface area (Å²) in [6, 6.07) is 19.3. The van der Waals surface area contributed by atoms with Crippen LogP contribution in [-0.2, 0) is 0 Å². The molecule has 7 nitrogen and oxygen atoms in total. The first kappa shape index (κ1) is 21.9. The molecule has 8 heteroatoms. The number of hydrogen-bond acceptors (Lipinski definition) is 6. The number of rotatable bonds is 7. The molecule has 0 atom stereocenters. The lowest BCUT2D eigenvalue weighted by molar-refractivity contribution is 0.0723. The number of aromatic nitrogens is 2. The van der Waals surface area contributed by atoms with E-state index in [4.69, 9.17) is 18.9 Å². The van der Waals surface area contributed by atoms with Crippen LogP contribution < -0.4 is 18.9 Å². The highest BCUT2D eigenvalue weighted by Gasteiger charge is 2.18. The Kier molecular flexibility index (Phi) is 6.26. The molecular formula is C25H21FN2O5. The highest BCUT2D eigenvalue weighted by atomic mass is 19.1. The maximum absolute atomic E-state index is 13.2. The van der Waals surface area contributed by atoms with Crippen molar-refractivity contribution in [2.24, 2.45) is 0 Å². The van der Waals surface area contributed by atoms with Crippen LogP contribution in [0.1, 0.15) is 10.4 Å². The number of benzene rings is 3. The van der Waals surface area contributed by atoms with Crippen molar-refractivity contribution in [3.63, 3.8) is 0 Å². The van der Waals surface area contributed by atoms with Crippen molar-refractivity contribution in [3.8, 4) is 40.1 Å². The summed E-state index contributed by atoms with van der Waals surface area (Å²) < 4.78 is 36.3. The molecule has 0 bridgehead atoms. The van der Waals surface area contributed by atoms with E-state index < -0.39 is 11.8 Å². The average Bonchev–Trinajstić information content (AvgIpc) is 3.27. The fourth-order valence-electron chi connectivity index (χ4n) is 3.22. The Bertz CT molecular complexity index is 1270. The molecule has 1 aromatic heterocycles. The second-order valence-electron chi connectivity index (χ2n) is 6.94. The van der Waals surface area contributed by atoms with Crippen LogP contribution in [0.15, 0.2) is 72.8 Å². The smallest absolute Gasteiger partial charge is 0.344 e. The van der Waals surface area contributed by atoms with Crippen LogP contribution in [0.4, 0.5) is 4.39 Å². The molecule has 0 aliphatic heterocycles. The van der Waals surface area contributed by atoms with Crippen LogP contribution in [0.25, 0.3) is 16.9 Å². The summed E-state index contributed by atoms with van der Waals surface area (Å²) in [5.74, 6) is 0.918. The summed E-state index contributed by atoms with van der Waals surface area (Å²) in [6.45, 7) is 0. The topological polar surface area (TPSA) is 71.8 Å². The molecule has 0 fully saturated rings. The molecule has 0 amide bonds. The number of esters is 1. The highest BCUT2D eigenvalue weighted by molar-refractivity contribution is 5.91. The first-order chi connectivity index (χ1) is 16.0. The van der Waals surface area contributed by atoms with E-state index in [0.29, 0.717) is 28.6 Å². The van der Waals surface area contributed by atoms with E-state index in [1.165, 1.54) is 28.9 Å². The van der Waals surface area contributed by atoms with E-state index in [1.807, 2.05) is 6.07 Å². The van der Waals surface area contributed by atoms with Gasteiger partial charge in [0, 0.05) is 11.6 Å². The molecule has 1 heterocycles. The van der Waals surface area contributed by atoms with Gasteiger partial charge in [0.15, 0.2) is 11.5 Å². The summed E-state index contributed by atoms with van der Waals surface area (Å²) >= 11 is 0. The molecule has 0 aliphatic rings. The maximum atomic E-state index is 13.2. The molecule has 0 saturated heterocycles. The lowest BCUT2D eigenvalue weighted by Crippen LogP contribution is -2.11. The van der Waals surface area contributed by atoms with Crippen molar-refractivity contribution in [3.05, 3.63) is 84.2 Å². The normalized spacial score (nSPS) is 10.5. The first-order valence-electron chi connectivity index (χ1n) is 9.97. The molecule has 4 rings (SSSR count). The lowest BCUT2D eigenvalue weighted by atomic mass is 10.1. The second kappa shape index (κ2) is 9.44. The van der Waals surface area contributed by atoms with Crippen LogP contribution in [-0.4, -0.2) is 37.1 Å². The van der Waals surface area contributed by atoms with Gasteiger partial charge in [-0.25, -0.2) is 9.18 Å². The minimum atomic E-state index is -0.636. The maximum Gasteiger partial charge on any atom is 0.344 e. The third-order valence-corrected chi connectivity index (χ3v) is 4.95. The average molecular weight is 448 g/mol. The Balaban J connectivity index is 1.75. The van der Waals surface area contributed by atoms with Crippen molar-refractivity contribution in [2.45, 2.75) is 0 Å². The van der Waals surface area contributed by atoms with Gasteiger partial charge < -0.3 is 18.9 Å². The van der Waals surface area contributed by atoms with Crippen LogP contribution in [0, 0.1) is 5.82 Å². The number of ether oxygens (including phenoxy) is 4. The summed E-state index contributed by atoms with van der Waals surface area (Å²) in [5.41, 5.74) is 2.16. The highest BCUT2D eigenvalue weighted by Crippen LogP contribution is 2.34. The Morgan fingerprint density at radius 2 is 1.52 bits per heavy atom. The van der Waals surface area contributed by atoms with E-state index >= 15 is 0 Å². The van der Waals surface area contributed by atoms with Gasteiger partial charge in [-0.1, -0.05) is 0 Å². The molecule has 168 valence electrons. The predicted octanol–water partition coefficient (Wildman–Crippen LogP) is 4.92. The van der Waals surface area contributed by atoms with Gasteiger partial charge in [-0.15, -0.1) is 0 Å². The molecule has 3 aromatic carbocycles. The Hall–Kier alpha value is -4.33. The van der Waals surface area contributed by atoms with Crippen molar-refractivity contribution in [1.29, 1.82) is 0 Å². The van der Waals surface area contributed by atoms with Crippen molar-refractivity contribution >= 4 is 5.97 Å². The number of carbonyl (C=O) groups is 1. The standard InChI is InChI=1S/C25H21FN2O5/c1-30-20-11-9-19(10-12-20)28-24(33-25(29)16-4-7-18(26)8-5-16)15-21(27-28)17-6-13-22(31-2)23(14-17)32-3/h4-15H,1-3H3. The number of carbonyl (C=O) groups excluding carboxylic acids is 1. The lowest BCUT2D eigenvalue weighted by Gasteiger charge is -2.09. The van der Waals surface area contributed by atoms with Crippen molar-refractivity contribution in [1.82, 2.24) is 9.78 Å². The monoisotopic (exact) mass is 448 g/mol. The van der Waals surface area contributed by atoms with Crippen LogP contribution in [0.5, 0.6) is 23.1 Å². The van der Waals surface area contributed by atoms with E-state index in [1.54, 1.807) is 63.8 Å². The zero-order valence-corrected chi connectivity index (χ0v) is 18.2. The molecule has 0 aliphatic carbocycles. The van der Waals surface area contributed by atoms with E-state index in [2.05, 4.69) is 5.10 Å². The number of nitrogens with zero attached hydrogens (tertiary/aromatic N) is 2. The first-order valence-corrected chi connectivity index (χ1v) is 9.97. The largest absolute Gasteiger partial charge is 0.497 e. The molecule has 0 spiro atoms. The molecule has 0 radical (unpaired) electrons.